The van der Waals surface area contributed by atoms with Crippen molar-refractivity contribution in [2.45, 2.75) is 38.0 Å². The first-order valence-corrected chi connectivity index (χ1v) is 8.17. The third kappa shape index (κ3) is 2.96. The molecule has 0 amide bonds. The number of sulfonamides is 1. The third-order valence-corrected chi connectivity index (χ3v) is 5.50. The van der Waals surface area contributed by atoms with E-state index in [0.29, 0.717) is 17.7 Å². The van der Waals surface area contributed by atoms with Crippen molar-refractivity contribution < 1.29 is 8.42 Å². The lowest BCUT2D eigenvalue weighted by Crippen LogP contribution is -2.36. The van der Waals surface area contributed by atoms with Crippen molar-refractivity contribution in [2.75, 3.05) is 6.54 Å². The van der Waals surface area contributed by atoms with Crippen molar-refractivity contribution in [1.29, 1.82) is 5.26 Å². The van der Waals surface area contributed by atoms with E-state index >= 15 is 0 Å². The van der Waals surface area contributed by atoms with Crippen LogP contribution in [0.15, 0.2) is 24.3 Å². The Kier molecular flexibility index (Phi) is 4.23. The molecule has 0 N–H and O–H groups in total. The molecule has 0 aromatic heterocycles. The lowest BCUT2D eigenvalue weighted by molar-refractivity contribution is 0.379. The maximum Gasteiger partial charge on any atom is 0.218 e. The molecule has 0 saturated carbocycles. The average molecular weight is 278 g/mol. The zero-order chi connectivity index (χ0) is 13.9. The first kappa shape index (κ1) is 14.0. The van der Waals surface area contributed by atoms with Crippen molar-refractivity contribution in [1.82, 2.24) is 4.31 Å². The zero-order valence-corrected chi connectivity index (χ0v) is 11.9. The van der Waals surface area contributed by atoms with Gasteiger partial charge in [0.1, 0.15) is 0 Å². The van der Waals surface area contributed by atoms with Crippen LogP contribution in [0.3, 0.4) is 0 Å². The van der Waals surface area contributed by atoms with Crippen molar-refractivity contribution in [2.24, 2.45) is 0 Å². The van der Waals surface area contributed by atoms with Crippen LogP contribution in [0.5, 0.6) is 0 Å². The molecule has 4 nitrogen and oxygen atoms in total. The van der Waals surface area contributed by atoms with E-state index in [9.17, 15) is 8.42 Å². The molecule has 0 bridgehead atoms. The lowest BCUT2D eigenvalue weighted by Gasteiger charge is -2.23. The highest BCUT2D eigenvalue weighted by atomic mass is 32.2. The zero-order valence-electron chi connectivity index (χ0n) is 11.0. The van der Waals surface area contributed by atoms with Gasteiger partial charge in [0.15, 0.2) is 0 Å². The van der Waals surface area contributed by atoms with E-state index in [1.807, 2.05) is 6.92 Å². The van der Waals surface area contributed by atoms with Crippen LogP contribution in [0.2, 0.25) is 0 Å². The SMILES string of the molecule is CCC1CCCN1S(=O)(=O)Cc1ccccc1C#N. The van der Waals surface area contributed by atoms with E-state index in [1.54, 1.807) is 28.6 Å². The first-order chi connectivity index (χ1) is 9.08. The van der Waals surface area contributed by atoms with E-state index in [0.717, 1.165) is 19.3 Å². The van der Waals surface area contributed by atoms with Crippen molar-refractivity contribution in [3.63, 3.8) is 0 Å². The highest BCUT2D eigenvalue weighted by Gasteiger charge is 2.33. The summed E-state index contributed by atoms with van der Waals surface area (Å²) in [4.78, 5) is 0. The molecule has 2 rings (SSSR count). The van der Waals surface area contributed by atoms with E-state index in [1.165, 1.54) is 0 Å². The molecule has 0 radical (unpaired) electrons. The second kappa shape index (κ2) is 5.72. The highest BCUT2D eigenvalue weighted by molar-refractivity contribution is 7.88. The summed E-state index contributed by atoms with van der Waals surface area (Å²) in [5.41, 5.74) is 1.03. The molecule has 1 atom stereocenters. The van der Waals surface area contributed by atoms with Gasteiger partial charge in [0, 0.05) is 12.6 Å². The number of benzene rings is 1. The number of rotatable bonds is 4. The molecule has 5 heteroatoms. The summed E-state index contributed by atoms with van der Waals surface area (Å²) >= 11 is 0. The third-order valence-electron chi connectivity index (χ3n) is 3.63. The average Bonchev–Trinajstić information content (AvgIpc) is 2.88. The second-order valence-corrected chi connectivity index (χ2v) is 6.76. The summed E-state index contributed by atoms with van der Waals surface area (Å²) in [6.45, 7) is 2.62. The molecule has 1 aromatic carbocycles. The fraction of sp³-hybridized carbons (Fsp3) is 0.500. The van der Waals surface area contributed by atoms with Gasteiger partial charge in [0.2, 0.25) is 10.0 Å². The topological polar surface area (TPSA) is 61.2 Å². The van der Waals surface area contributed by atoms with E-state index in [4.69, 9.17) is 5.26 Å². The monoisotopic (exact) mass is 278 g/mol. The molecule has 1 fully saturated rings. The van der Waals surface area contributed by atoms with E-state index in [2.05, 4.69) is 6.07 Å². The maximum absolute atomic E-state index is 12.5. The Bertz CT molecular complexity index is 590. The Morgan fingerprint density at radius 2 is 2.16 bits per heavy atom. The summed E-state index contributed by atoms with van der Waals surface area (Å²) in [6, 6.07) is 9.07. The molecule has 1 aromatic rings. The number of hydrogen-bond donors (Lipinski definition) is 0. The molecular weight excluding hydrogens is 260 g/mol. The van der Waals surface area contributed by atoms with E-state index in [-0.39, 0.29) is 11.8 Å². The Hall–Kier alpha value is -1.38. The number of nitrogens with zero attached hydrogens (tertiary/aromatic N) is 2. The summed E-state index contributed by atoms with van der Waals surface area (Å²) in [5, 5.41) is 9.02. The molecule has 102 valence electrons. The molecule has 1 unspecified atom stereocenters. The van der Waals surface area contributed by atoms with Crippen LogP contribution in [0.1, 0.15) is 37.3 Å². The Morgan fingerprint density at radius 1 is 1.42 bits per heavy atom. The molecule has 1 saturated heterocycles. The standard InChI is InChI=1S/C14H18N2O2S/c1-2-14-8-5-9-16(14)19(17,18)11-13-7-4-3-6-12(13)10-15/h3-4,6-7,14H,2,5,8-9,11H2,1H3. The molecule has 0 aliphatic carbocycles. The van der Waals surface area contributed by atoms with Gasteiger partial charge < -0.3 is 0 Å². The van der Waals surface area contributed by atoms with Gasteiger partial charge in [-0.3, -0.25) is 0 Å². The summed E-state index contributed by atoms with van der Waals surface area (Å²) in [6.07, 6.45) is 2.71. The predicted molar refractivity (Wildman–Crippen MR) is 73.8 cm³/mol. The van der Waals surface area contributed by atoms with Gasteiger partial charge in [-0.15, -0.1) is 0 Å². The minimum atomic E-state index is -3.32. The van der Waals surface area contributed by atoms with Gasteiger partial charge >= 0.3 is 0 Å². The van der Waals surface area contributed by atoms with Gasteiger partial charge in [0.05, 0.1) is 17.4 Å². The Balaban J connectivity index is 2.24. The van der Waals surface area contributed by atoms with Gasteiger partial charge in [-0.05, 0) is 30.9 Å². The quantitative estimate of drug-likeness (QED) is 0.848. The Labute approximate surface area is 114 Å². The normalized spacial score (nSPS) is 20.3. The molecule has 1 aliphatic heterocycles. The van der Waals surface area contributed by atoms with Crippen LogP contribution in [0.4, 0.5) is 0 Å². The van der Waals surface area contributed by atoms with Gasteiger partial charge in [0.25, 0.3) is 0 Å². The number of hydrogen-bond acceptors (Lipinski definition) is 3. The highest BCUT2D eigenvalue weighted by Crippen LogP contribution is 2.25. The van der Waals surface area contributed by atoms with Crippen molar-refractivity contribution in [3.8, 4) is 6.07 Å². The minimum absolute atomic E-state index is 0.0762. The van der Waals surface area contributed by atoms with Crippen LogP contribution in [-0.4, -0.2) is 25.3 Å². The number of nitriles is 1. The lowest BCUT2D eigenvalue weighted by atomic mass is 10.1. The Morgan fingerprint density at radius 3 is 2.84 bits per heavy atom. The fourth-order valence-electron chi connectivity index (χ4n) is 2.62. The molecule has 19 heavy (non-hydrogen) atoms. The summed E-state index contributed by atoms with van der Waals surface area (Å²) < 4.78 is 26.5. The fourth-order valence-corrected chi connectivity index (χ4v) is 4.54. The van der Waals surface area contributed by atoms with Gasteiger partial charge in [-0.2, -0.15) is 9.57 Å². The van der Waals surface area contributed by atoms with Crippen LogP contribution >= 0.6 is 0 Å². The first-order valence-electron chi connectivity index (χ1n) is 6.56. The van der Waals surface area contributed by atoms with Gasteiger partial charge in [-0.1, -0.05) is 25.1 Å². The smallest absolute Gasteiger partial charge is 0.212 e. The van der Waals surface area contributed by atoms with Crippen LogP contribution in [0, 0.1) is 11.3 Å². The molecule has 1 aliphatic rings. The predicted octanol–water partition coefficient (Wildman–Crippen LogP) is 2.26. The summed E-state index contributed by atoms with van der Waals surface area (Å²) in [5.74, 6) is -0.0762. The maximum atomic E-state index is 12.5. The largest absolute Gasteiger partial charge is 0.218 e. The minimum Gasteiger partial charge on any atom is -0.212 e. The molecular formula is C14H18N2O2S. The molecule has 0 spiro atoms. The van der Waals surface area contributed by atoms with Crippen LogP contribution in [-0.2, 0) is 15.8 Å². The van der Waals surface area contributed by atoms with Crippen LogP contribution in [0.25, 0.3) is 0 Å². The van der Waals surface area contributed by atoms with Crippen LogP contribution < -0.4 is 0 Å². The van der Waals surface area contributed by atoms with Crippen molar-refractivity contribution >= 4 is 10.0 Å². The van der Waals surface area contributed by atoms with Crippen molar-refractivity contribution in [3.05, 3.63) is 35.4 Å². The van der Waals surface area contributed by atoms with Gasteiger partial charge in [-0.25, -0.2) is 8.42 Å². The molecule has 1 heterocycles. The second-order valence-electron chi connectivity index (χ2n) is 4.84. The van der Waals surface area contributed by atoms with E-state index < -0.39 is 10.0 Å². The summed E-state index contributed by atoms with van der Waals surface area (Å²) in [7, 11) is -3.32.